The van der Waals surface area contributed by atoms with Crippen molar-refractivity contribution in [3.8, 4) is 90.1 Å². The van der Waals surface area contributed by atoms with Crippen LogP contribution >= 0.6 is 46.4 Å². The van der Waals surface area contributed by atoms with Gasteiger partial charge in [-0.3, -0.25) is 9.80 Å². The second-order valence-corrected chi connectivity index (χ2v) is 29.6. The van der Waals surface area contributed by atoms with Crippen LogP contribution < -0.4 is 0 Å². The van der Waals surface area contributed by atoms with Crippen molar-refractivity contribution in [3.63, 3.8) is 0 Å². The fourth-order valence-corrected chi connectivity index (χ4v) is 15.1. The first-order chi connectivity index (χ1) is 55.0. The number of likely N-dealkylation sites (tertiary alicyclic amines) is 1. The molecule has 0 unspecified atom stereocenters. The molecule has 0 saturated carbocycles. The lowest BCUT2D eigenvalue weighted by Gasteiger charge is -2.35. The number of rotatable bonds is 17. The van der Waals surface area contributed by atoms with Crippen LogP contribution in [0.4, 0.5) is 0 Å². The van der Waals surface area contributed by atoms with Gasteiger partial charge in [-0.2, -0.15) is 20.4 Å². The van der Waals surface area contributed by atoms with E-state index in [9.17, 15) is 10.2 Å². The van der Waals surface area contributed by atoms with Crippen LogP contribution in [0, 0.1) is 0 Å². The number of β-amino-alcohol motifs (C(OH)–C–C–N with tert-alkyl or cyclic N) is 1. The number of piperazine rings is 1. The van der Waals surface area contributed by atoms with E-state index < -0.39 is 5.60 Å². The molecule has 25 heteroatoms. The molecule has 2 fully saturated rings. The number of halogens is 4. The zero-order valence-electron chi connectivity index (χ0n) is 62.3. The largest absolute Gasteiger partial charge is 0.392 e. The van der Waals surface area contributed by atoms with Gasteiger partial charge in [0.05, 0.1) is 73.0 Å². The molecule has 16 aromatic rings. The van der Waals surface area contributed by atoms with Crippen LogP contribution in [-0.2, 0) is 19.6 Å². The third-order valence-corrected chi connectivity index (χ3v) is 21.1. The van der Waals surface area contributed by atoms with Gasteiger partial charge in [0.15, 0.2) is 22.6 Å². The lowest BCUT2D eigenvalue weighted by Crippen LogP contribution is -2.43. The van der Waals surface area contributed by atoms with Gasteiger partial charge in [0.2, 0.25) is 0 Å². The number of aliphatic hydroxyl groups is 2. The van der Waals surface area contributed by atoms with Gasteiger partial charge in [-0.1, -0.05) is 302 Å². The standard InChI is InChI=1S/C25H25ClN6.C23H22ClN5O.C21H19ClN4O.C19H13ClN4/c1-18-17-31(14-13-30(18)2)15-16-32-25-21(23(29-32)19-9-5-3-6-10-19)22(26)24(27-28-25)20-11-7-4-8-12-20;24-20-19-21(16-7-3-1-4-8-16)27-29(14-13-28-12-11-18(30)15-28)23(19)26-25-22(20)17-9-5-2-6-10-17;1-21(2,27)13-26-20-16(18(25-26)14-9-5-3-6-10-14)17(22)19(23-24-20)15-11-7-4-8-12-15;1-2-24-19-15(17(23-24)13-9-5-3-6-10-13)16(20)18(21-22-19)14-11-7-4-8-12-14/h3-12H,1,13-17H2,2H3;1-10,18,30H,11-15H2;3-12,27H,13H2,1-2H3;2-12H,1H2/t;18-;;/m.1../s1. The summed E-state index contributed by atoms with van der Waals surface area (Å²) < 4.78 is 7.10. The van der Waals surface area contributed by atoms with Crippen molar-refractivity contribution in [1.29, 1.82) is 0 Å². The van der Waals surface area contributed by atoms with E-state index in [2.05, 4.69) is 92.9 Å². The van der Waals surface area contributed by atoms with Gasteiger partial charge in [-0.25, -0.2) is 18.7 Å². The van der Waals surface area contributed by atoms with Crippen LogP contribution in [0.3, 0.4) is 0 Å². The Labute approximate surface area is 673 Å². The van der Waals surface area contributed by atoms with Crippen molar-refractivity contribution in [1.82, 2.24) is 94.6 Å². The smallest absolute Gasteiger partial charge is 0.186 e. The lowest BCUT2D eigenvalue weighted by molar-refractivity contribution is 0.0590. The molecule has 0 bridgehead atoms. The zero-order valence-corrected chi connectivity index (χ0v) is 65.4. The number of aromatic nitrogens is 16. The normalized spacial score (nSPS) is 13.9. The van der Waals surface area contributed by atoms with Gasteiger partial charge in [-0.05, 0) is 20.3 Å². The fourth-order valence-electron chi connectivity index (χ4n) is 13.8. The topological polar surface area (TPSA) is 225 Å². The molecule has 2 aliphatic rings. The highest BCUT2D eigenvalue weighted by atomic mass is 35.5. The van der Waals surface area contributed by atoms with Crippen LogP contribution in [0.15, 0.2) is 262 Å². The number of hydrogen-bond donors (Lipinski definition) is 2. The molecule has 2 aliphatic heterocycles. The van der Waals surface area contributed by atoms with Crippen LogP contribution in [0.1, 0.15) is 20.3 Å². The predicted octanol–water partition coefficient (Wildman–Crippen LogP) is 18.0. The van der Waals surface area contributed by atoms with Crippen molar-refractivity contribution in [2.75, 3.05) is 52.9 Å². The Morgan fingerprint density at radius 2 is 0.673 bits per heavy atom. The Balaban J connectivity index is 0.000000120. The Morgan fingerprint density at radius 3 is 0.982 bits per heavy atom. The highest BCUT2D eigenvalue weighted by Gasteiger charge is 2.29. The first-order valence-electron chi connectivity index (χ1n) is 37.1. The molecule has 10 heterocycles. The van der Waals surface area contributed by atoms with Crippen molar-refractivity contribution in [2.24, 2.45) is 0 Å². The molecule has 1 atom stereocenters. The van der Waals surface area contributed by atoms with E-state index in [1.165, 1.54) is 0 Å². The predicted molar refractivity (Wildman–Crippen MR) is 453 cm³/mol. The van der Waals surface area contributed by atoms with Crippen LogP contribution in [0.2, 0.25) is 20.1 Å². The highest BCUT2D eigenvalue weighted by molar-refractivity contribution is 6.40. The molecule has 2 saturated heterocycles. The molecule has 566 valence electrons. The summed E-state index contributed by atoms with van der Waals surface area (Å²) in [5.41, 5.74) is 16.0. The summed E-state index contributed by atoms with van der Waals surface area (Å²) in [6.07, 6.45) is 2.19. The molecule has 8 aromatic heterocycles. The summed E-state index contributed by atoms with van der Waals surface area (Å²) in [5, 5.41) is 80.0. The number of fused-ring (bicyclic) bond motifs is 4. The minimum Gasteiger partial charge on any atom is -0.392 e. The van der Waals surface area contributed by atoms with Gasteiger partial charge in [-0.15, -0.1) is 40.8 Å². The summed E-state index contributed by atoms with van der Waals surface area (Å²) in [4.78, 5) is 6.85. The van der Waals surface area contributed by atoms with Crippen LogP contribution in [-0.4, -0.2) is 169 Å². The maximum atomic E-state index is 10.3. The second-order valence-electron chi connectivity index (χ2n) is 28.1. The number of aliphatic hydroxyl groups excluding tert-OH is 1. The maximum Gasteiger partial charge on any atom is 0.186 e. The van der Waals surface area contributed by atoms with E-state index in [-0.39, 0.29) is 12.6 Å². The van der Waals surface area contributed by atoms with Gasteiger partial charge < -0.3 is 15.1 Å². The van der Waals surface area contributed by atoms with E-state index >= 15 is 0 Å². The van der Waals surface area contributed by atoms with Crippen LogP contribution in [0.5, 0.6) is 0 Å². The summed E-state index contributed by atoms with van der Waals surface area (Å²) in [7, 11) is 2.09. The first kappa shape index (κ1) is 76.6. The van der Waals surface area contributed by atoms with Gasteiger partial charge in [0.25, 0.3) is 0 Å². The minimum atomic E-state index is -0.945. The van der Waals surface area contributed by atoms with E-state index in [0.29, 0.717) is 85.1 Å². The monoisotopic (exact) mass is 1570 g/mol. The van der Waals surface area contributed by atoms with Crippen molar-refractivity contribution in [2.45, 2.75) is 51.6 Å². The summed E-state index contributed by atoms with van der Waals surface area (Å²) >= 11 is 27.3. The molecule has 0 aliphatic carbocycles. The lowest BCUT2D eigenvalue weighted by atomic mass is 10.1. The minimum absolute atomic E-state index is 0.234. The summed E-state index contributed by atoms with van der Waals surface area (Å²) in [6, 6.07) is 79.1. The first-order valence-corrected chi connectivity index (χ1v) is 38.6. The summed E-state index contributed by atoms with van der Waals surface area (Å²) in [5.74, 6) is 0. The van der Waals surface area contributed by atoms with Crippen molar-refractivity contribution >= 4 is 96.7 Å². The molecule has 113 heavy (non-hydrogen) atoms. The fraction of sp³-hybridized carbons (Fsp3) is 0.182. The third kappa shape index (κ3) is 16.9. The Hall–Kier alpha value is -11.8. The van der Waals surface area contributed by atoms with Crippen LogP contribution in [0.25, 0.3) is 140 Å². The molecule has 18 rings (SSSR count). The molecule has 0 amide bonds. The molecule has 21 nitrogen and oxygen atoms in total. The SMILES string of the molecule is C=C1CN(CCn2nc(-c3ccccc3)c3c(Cl)c(-c4ccccc4)nnc32)CCN1C.C=Cn1nc(-c2ccccc2)c2c(Cl)c(-c3ccccc3)nnc21.CC(C)(O)Cn1nc(-c2ccccc2)c2c(Cl)c(-c3ccccc3)nnc21.O[C@@H]1CCN(CCn2nc(-c3ccccc3)c3c(Cl)c(-c4ccccc4)nnc32)C1. The second kappa shape index (κ2) is 34.5. The number of benzene rings is 8. The van der Waals surface area contributed by atoms with E-state index in [1.807, 2.05) is 240 Å². The van der Waals surface area contributed by atoms with Gasteiger partial charge in [0, 0.05) is 109 Å². The Morgan fingerprint density at radius 1 is 0.381 bits per heavy atom. The average molecular weight is 1580 g/mol. The molecule has 0 radical (unpaired) electrons. The van der Waals surface area contributed by atoms with Gasteiger partial charge >= 0.3 is 0 Å². The molecular formula is C88H79Cl4N19O2. The highest BCUT2D eigenvalue weighted by Crippen LogP contribution is 2.42. The van der Waals surface area contributed by atoms with Gasteiger partial charge in [0.1, 0.15) is 45.6 Å². The summed E-state index contributed by atoms with van der Waals surface area (Å²) in [6.45, 7) is 19.2. The zero-order chi connectivity index (χ0) is 78.1. The molecule has 0 spiro atoms. The number of nitrogens with zero attached hydrogens (tertiary/aromatic N) is 19. The maximum absolute atomic E-state index is 10.3. The van der Waals surface area contributed by atoms with Crippen molar-refractivity contribution in [3.05, 3.63) is 282 Å². The molecular weight excluding hydrogens is 1500 g/mol. The Kier molecular flexibility index (Phi) is 23.4. The van der Waals surface area contributed by atoms with E-state index in [0.717, 1.165) is 140 Å². The third-order valence-electron chi connectivity index (χ3n) is 19.6. The molecule has 2 N–H and O–H groups in total. The Bertz CT molecular complexity index is 6000. The van der Waals surface area contributed by atoms with E-state index in [4.69, 9.17) is 61.7 Å². The quantitative estimate of drug-likeness (QED) is 0.0864. The number of hydrogen-bond acceptors (Lipinski definition) is 17. The van der Waals surface area contributed by atoms with Crippen molar-refractivity contribution < 1.29 is 10.2 Å². The molecule has 8 aromatic carbocycles. The number of likely N-dealkylation sites (N-methyl/N-ethyl adjacent to an activating group) is 1. The van der Waals surface area contributed by atoms with E-state index in [1.54, 1.807) is 29.4 Å². The average Bonchev–Trinajstić information content (AvgIpc) is 1.64.